The third kappa shape index (κ3) is 4.35. The summed E-state index contributed by atoms with van der Waals surface area (Å²) in [5.74, 6) is 0.323. The van der Waals surface area contributed by atoms with Crippen molar-refractivity contribution in [3.63, 3.8) is 0 Å². The lowest BCUT2D eigenvalue weighted by Crippen LogP contribution is -2.28. The number of nitrogens with one attached hydrogen (secondary N) is 2. The Morgan fingerprint density at radius 3 is 2.78 bits per heavy atom. The van der Waals surface area contributed by atoms with E-state index in [1.54, 1.807) is 6.92 Å². The number of rotatable bonds is 5. The van der Waals surface area contributed by atoms with Crippen molar-refractivity contribution in [3.8, 4) is 11.9 Å². The lowest BCUT2D eigenvalue weighted by atomic mass is 10.2. The molecule has 0 aliphatic carbocycles. The highest BCUT2D eigenvalue weighted by atomic mass is 16.5. The zero-order chi connectivity index (χ0) is 16.7. The molecule has 0 fully saturated rings. The summed E-state index contributed by atoms with van der Waals surface area (Å²) in [6, 6.07) is 12.4. The SMILES string of the molecule is CCOc1nc(NC(=O)NCc2ccccc2)cc(N)c1C#N. The second-order valence-corrected chi connectivity index (χ2v) is 4.61. The molecule has 0 unspecified atom stereocenters. The maximum Gasteiger partial charge on any atom is 0.320 e. The fourth-order valence-corrected chi connectivity index (χ4v) is 1.90. The van der Waals surface area contributed by atoms with E-state index in [4.69, 9.17) is 15.7 Å². The lowest BCUT2D eigenvalue weighted by Gasteiger charge is -2.11. The summed E-state index contributed by atoms with van der Waals surface area (Å²) in [5, 5.41) is 14.3. The van der Waals surface area contributed by atoms with Gasteiger partial charge in [-0.05, 0) is 12.5 Å². The van der Waals surface area contributed by atoms with E-state index in [-0.39, 0.29) is 22.9 Å². The van der Waals surface area contributed by atoms with E-state index < -0.39 is 6.03 Å². The summed E-state index contributed by atoms with van der Waals surface area (Å²) in [6.45, 7) is 2.49. The number of hydrogen-bond acceptors (Lipinski definition) is 5. The Bertz CT molecular complexity index is 725. The summed E-state index contributed by atoms with van der Waals surface area (Å²) in [4.78, 5) is 16.0. The van der Waals surface area contributed by atoms with Crippen LogP contribution in [0.15, 0.2) is 36.4 Å². The molecule has 118 valence electrons. The summed E-state index contributed by atoms with van der Waals surface area (Å²) in [7, 11) is 0. The molecule has 0 radical (unpaired) electrons. The highest BCUT2D eigenvalue weighted by Gasteiger charge is 2.13. The summed E-state index contributed by atoms with van der Waals surface area (Å²) in [5.41, 5.74) is 7.12. The van der Waals surface area contributed by atoms with Gasteiger partial charge in [0.2, 0.25) is 5.88 Å². The first-order valence-electron chi connectivity index (χ1n) is 7.06. The molecule has 1 aromatic carbocycles. The van der Waals surface area contributed by atoms with E-state index in [1.807, 2.05) is 36.4 Å². The molecule has 2 aromatic rings. The zero-order valence-corrected chi connectivity index (χ0v) is 12.7. The number of urea groups is 1. The third-order valence-electron chi connectivity index (χ3n) is 2.95. The van der Waals surface area contributed by atoms with Crippen LogP contribution in [0.4, 0.5) is 16.3 Å². The highest BCUT2D eigenvalue weighted by molar-refractivity contribution is 5.89. The molecule has 0 atom stereocenters. The summed E-state index contributed by atoms with van der Waals surface area (Å²) < 4.78 is 5.27. The van der Waals surface area contributed by atoms with Gasteiger partial charge in [-0.15, -0.1) is 0 Å². The number of aromatic nitrogens is 1. The maximum atomic E-state index is 11.9. The van der Waals surface area contributed by atoms with Gasteiger partial charge >= 0.3 is 6.03 Å². The van der Waals surface area contributed by atoms with E-state index in [0.717, 1.165) is 5.56 Å². The minimum Gasteiger partial charge on any atom is -0.477 e. The number of carbonyl (C=O) groups is 1. The van der Waals surface area contributed by atoms with Gasteiger partial charge in [0.1, 0.15) is 17.5 Å². The van der Waals surface area contributed by atoms with E-state index >= 15 is 0 Å². The number of nitrogens with zero attached hydrogens (tertiary/aromatic N) is 2. The standard InChI is InChI=1S/C16H17N5O2/c1-2-23-15-12(9-17)13(18)8-14(20-15)21-16(22)19-10-11-6-4-3-5-7-11/h3-8H,2,10H2,1H3,(H4,18,19,20,21,22). The van der Waals surface area contributed by atoms with Gasteiger partial charge in [0.05, 0.1) is 12.3 Å². The number of nitrogens with two attached hydrogens (primary N) is 1. The number of amides is 2. The normalized spacial score (nSPS) is 9.74. The fraction of sp³-hybridized carbons (Fsp3) is 0.188. The van der Waals surface area contributed by atoms with Crippen LogP contribution in [0.2, 0.25) is 0 Å². The van der Waals surface area contributed by atoms with Crippen LogP contribution in [0, 0.1) is 11.3 Å². The molecule has 1 aromatic heterocycles. The number of nitriles is 1. The molecule has 0 aliphatic rings. The van der Waals surface area contributed by atoms with Gasteiger partial charge in [-0.25, -0.2) is 4.79 Å². The molecule has 0 spiro atoms. The van der Waals surface area contributed by atoms with E-state index in [1.165, 1.54) is 6.07 Å². The number of nitrogen functional groups attached to an aromatic ring is 1. The molecule has 0 saturated carbocycles. The summed E-state index contributed by atoms with van der Waals surface area (Å²) in [6.07, 6.45) is 0. The number of pyridine rings is 1. The van der Waals surface area contributed by atoms with Gasteiger partial charge in [-0.1, -0.05) is 30.3 Å². The first kappa shape index (κ1) is 16.1. The van der Waals surface area contributed by atoms with Crippen molar-refractivity contribution in [2.45, 2.75) is 13.5 Å². The van der Waals surface area contributed by atoms with Crippen molar-refractivity contribution in [1.29, 1.82) is 5.26 Å². The van der Waals surface area contributed by atoms with Crippen molar-refractivity contribution in [1.82, 2.24) is 10.3 Å². The van der Waals surface area contributed by atoms with Crippen LogP contribution in [0.3, 0.4) is 0 Å². The maximum absolute atomic E-state index is 11.9. The van der Waals surface area contributed by atoms with Gasteiger partial charge < -0.3 is 15.8 Å². The largest absolute Gasteiger partial charge is 0.477 e. The summed E-state index contributed by atoms with van der Waals surface area (Å²) >= 11 is 0. The molecule has 0 aliphatic heterocycles. The van der Waals surface area contributed by atoms with Crippen LogP contribution in [0.25, 0.3) is 0 Å². The lowest BCUT2D eigenvalue weighted by molar-refractivity contribution is 0.251. The predicted molar refractivity (Wildman–Crippen MR) is 86.8 cm³/mol. The molecule has 0 saturated heterocycles. The molecule has 1 heterocycles. The van der Waals surface area contributed by atoms with Crippen LogP contribution in [0.5, 0.6) is 5.88 Å². The Morgan fingerprint density at radius 2 is 2.13 bits per heavy atom. The van der Waals surface area contributed by atoms with E-state index in [0.29, 0.717) is 13.2 Å². The first-order valence-corrected chi connectivity index (χ1v) is 7.06. The molecule has 0 bridgehead atoms. The topological polar surface area (TPSA) is 113 Å². The van der Waals surface area contributed by atoms with Crippen LogP contribution >= 0.6 is 0 Å². The molecular formula is C16H17N5O2. The quantitative estimate of drug-likeness (QED) is 0.784. The first-order chi connectivity index (χ1) is 11.1. The van der Waals surface area contributed by atoms with Gasteiger partial charge in [-0.2, -0.15) is 10.2 Å². The second kappa shape index (κ2) is 7.66. The van der Waals surface area contributed by atoms with Crippen LogP contribution in [-0.4, -0.2) is 17.6 Å². The van der Waals surface area contributed by atoms with Crippen molar-refractivity contribution in [2.24, 2.45) is 0 Å². The zero-order valence-electron chi connectivity index (χ0n) is 12.7. The Kier molecular flexibility index (Phi) is 5.36. The number of carbonyl (C=O) groups excluding carboxylic acids is 1. The highest BCUT2D eigenvalue weighted by Crippen LogP contribution is 2.24. The molecule has 2 amide bonds. The average Bonchev–Trinajstić information content (AvgIpc) is 2.54. The monoisotopic (exact) mass is 311 g/mol. The van der Waals surface area contributed by atoms with Crippen molar-refractivity contribution in [3.05, 3.63) is 47.5 Å². The van der Waals surface area contributed by atoms with Gasteiger partial charge in [0.15, 0.2) is 0 Å². The van der Waals surface area contributed by atoms with Crippen molar-refractivity contribution >= 4 is 17.5 Å². The minimum atomic E-state index is -0.423. The number of benzene rings is 1. The second-order valence-electron chi connectivity index (χ2n) is 4.61. The van der Waals surface area contributed by atoms with Crippen molar-refractivity contribution < 1.29 is 9.53 Å². The van der Waals surface area contributed by atoms with Crippen molar-refractivity contribution in [2.75, 3.05) is 17.7 Å². The van der Waals surface area contributed by atoms with E-state index in [9.17, 15) is 4.79 Å². The molecule has 2 rings (SSSR count). The fourth-order valence-electron chi connectivity index (χ4n) is 1.90. The average molecular weight is 311 g/mol. The minimum absolute atomic E-state index is 0.105. The van der Waals surface area contributed by atoms with E-state index in [2.05, 4.69) is 15.6 Å². The molecular weight excluding hydrogens is 294 g/mol. The van der Waals surface area contributed by atoms with Crippen LogP contribution in [0.1, 0.15) is 18.1 Å². The predicted octanol–water partition coefficient (Wildman–Crippen LogP) is 2.26. The van der Waals surface area contributed by atoms with Gasteiger partial charge in [-0.3, -0.25) is 5.32 Å². The Hall–Kier alpha value is -3.27. The Balaban J connectivity index is 2.04. The number of hydrogen-bond donors (Lipinski definition) is 3. The molecule has 4 N–H and O–H groups in total. The molecule has 7 nitrogen and oxygen atoms in total. The van der Waals surface area contributed by atoms with Crippen LogP contribution < -0.4 is 21.1 Å². The molecule has 23 heavy (non-hydrogen) atoms. The number of anilines is 2. The Morgan fingerprint density at radius 1 is 1.39 bits per heavy atom. The molecule has 7 heteroatoms. The Labute approximate surface area is 134 Å². The van der Waals surface area contributed by atoms with Crippen LogP contribution in [-0.2, 0) is 6.54 Å². The third-order valence-corrected chi connectivity index (χ3v) is 2.95. The smallest absolute Gasteiger partial charge is 0.320 e. The number of ether oxygens (including phenoxy) is 1. The van der Waals surface area contributed by atoms with Gasteiger partial charge in [0.25, 0.3) is 0 Å². The van der Waals surface area contributed by atoms with Gasteiger partial charge in [0, 0.05) is 12.6 Å².